The number of carboxylic acids is 1. The number of carboxylic acid groups (broad SMARTS) is 1. The van der Waals surface area contributed by atoms with Crippen molar-refractivity contribution in [1.29, 1.82) is 0 Å². The molecular formula is C38H28N8O12S2. The first-order chi connectivity index (χ1) is 28.4. The summed E-state index contributed by atoms with van der Waals surface area (Å²) >= 11 is 0. The Morgan fingerprint density at radius 2 is 1.60 bits per heavy atom. The maximum Gasteiger partial charge on any atom is 0.339 e. The summed E-state index contributed by atoms with van der Waals surface area (Å²) in [6.45, 7) is 1.56. The summed E-state index contributed by atoms with van der Waals surface area (Å²) in [6.07, 6.45) is 4.28. The summed E-state index contributed by atoms with van der Waals surface area (Å²) in [7, 11) is -8.78. The number of aliphatic carboxylic acids is 1. The molecule has 304 valence electrons. The molecule has 60 heavy (non-hydrogen) atoms. The van der Waals surface area contributed by atoms with Crippen LogP contribution in [0.15, 0.2) is 127 Å². The highest BCUT2D eigenvalue weighted by Crippen LogP contribution is 2.40. The van der Waals surface area contributed by atoms with E-state index >= 15 is 0 Å². The Kier molecular flexibility index (Phi) is 10.6. The van der Waals surface area contributed by atoms with Gasteiger partial charge in [-0.1, -0.05) is 30.3 Å². The second-order valence-corrected chi connectivity index (χ2v) is 15.7. The Morgan fingerprint density at radius 1 is 0.850 bits per heavy atom. The molecule has 1 atom stereocenters. The molecule has 0 saturated carbocycles. The first-order valence-electron chi connectivity index (χ1n) is 17.1. The van der Waals surface area contributed by atoms with Gasteiger partial charge in [0, 0.05) is 22.1 Å². The van der Waals surface area contributed by atoms with E-state index in [4.69, 9.17) is 4.74 Å². The zero-order valence-corrected chi connectivity index (χ0v) is 32.5. The Hall–Kier alpha value is -7.53. The predicted molar refractivity (Wildman–Crippen MR) is 218 cm³/mol. The number of nitrogens with one attached hydrogen (secondary N) is 2. The van der Waals surface area contributed by atoms with Gasteiger partial charge in [-0.25, -0.2) is 4.79 Å². The van der Waals surface area contributed by atoms with Gasteiger partial charge >= 0.3 is 5.97 Å². The molecule has 22 heteroatoms. The first-order valence-corrected chi connectivity index (χ1v) is 20.0. The van der Waals surface area contributed by atoms with Gasteiger partial charge in [0.1, 0.15) is 21.9 Å². The Bertz CT molecular complexity index is 3140. The molecule has 1 heterocycles. The number of benzene rings is 4. The average molecular weight is 853 g/mol. The molecule has 0 saturated heterocycles. The second kappa shape index (κ2) is 15.7. The number of carbonyl (C=O) groups is 4. The monoisotopic (exact) mass is 852 g/mol. The molecule has 1 aliphatic heterocycles. The third kappa shape index (κ3) is 7.97. The van der Waals surface area contributed by atoms with Crippen LogP contribution in [0.3, 0.4) is 0 Å². The van der Waals surface area contributed by atoms with E-state index in [9.17, 15) is 50.2 Å². The van der Waals surface area contributed by atoms with E-state index in [2.05, 4.69) is 36.4 Å². The predicted octanol–water partition coefficient (Wildman–Crippen LogP) is 2.72. The quantitative estimate of drug-likeness (QED) is 0.0477. The molecule has 0 radical (unpaired) electrons. The molecule has 4 aromatic carbocycles. The van der Waals surface area contributed by atoms with Crippen LogP contribution in [-0.4, -0.2) is 84.8 Å². The van der Waals surface area contributed by atoms with E-state index in [1.807, 2.05) is 0 Å². The van der Waals surface area contributed by atoms with Crippen molar-refractivity contribution in [1.82, 2.24) is 0 Å². The number of rotatable bonds is 11. The Morgan fingerprint density at radius 3 is 2.28 bits per heavy atom. The van der Waals surface area contributed by atoms with Gasteiger partial charge in [0.25, 0.3) is 26.1 Å². The second-order valence-electron chi connectivity index (χ2n) is 12.9. The largest absolute Gasteiger partial charge is 0.494 e. The third-order valence-corrected chi connectivity index (χ3v) is 10.8. The number of nitrogens with zero attached hydrogens (tertiary/aromatic N) is 6. The summed E-state index contributed by atoms with van der Waals surface area (Å²) in [5.74, 6) is -3.87. The molecule has 1 unspecified atom stereocenters. The number of amides is 1. The van der Waals surface area contributed by atoms with Crippen molar-refractivity contribution >= 4 is 105 Å². The summed E-state index contributed by atoms with van der Waals surface area (Å²) in [5.41, 5.74) is 4.69. The van der Waals surface area contributed by atoms with Gasteiger partial charge in [-0.3, -0.25) is 34.3 Å². The molecular weight excluding hydrogens is 825 g/mol. The number of carbonyl (C=O) groups excluding carboxylic acids is 3. The topological polar surface area (TPSA) is 296 Å². The van der Waals surface area contributed by atoms with Crippen molar-refractivity contribution in [2.75, 3.05) is 23.0 Å². The van der Waals surface area contributed by atoms with Gasteiger partial charge in [0.2, 0.25) is 5.78 Å². The highest BCUT2D eigenvalue weighted by molar-refractivity contribution is 7.96. The van der Waals surface area contributed by atoms with E-state index in [1.54, 1.807) is 37.3 Å². The lowest BCUT2D eigenvalue weighted by Crippen LogP contribution is -2.41. The highest BCUT2D eigenvalue weighted by atomic mass is 32.2. The molecule has 7 rings (SSSR count). The molecule has 1 amide bonds. The Labute approximate surface area is 338 Å². The van der Waals surface area contributed by atoms with Gasteiger partial charge in [-0.15, -0.1) is 0 Å². The van der Waals surface area contributed by atoms with Crippen molar-refractivity contribution in [2.24, 2.45) is 25.5 Å². The number of hydrogen-bond donors (Lipinski definition) is 5. The fourth-order valence-corrected chi connectivity index (χ4v) is 7.56. The molecule has 0 bridgehead atoms. The van der Waals surface area contributed by atoms with Crippen LogP contribution in [-0.2, 0) is 39.4 Å². The molecule has 0 spiro atoms. The fraction of sp³-hybridized carbons (Fsp3) is 0.0789. The van der Waals surface area contributed by atoms with E-state index in [0.29, 0.717) is 5.69 Å². The number of methoxy groups -OCH3 is 1. The summed E-state index contributed by atoms with van der Waals surface area (Å²) in [6, 6.07) is 16.2. The fourth-order valence-electron chi connectivity index (χ4n) is 6.21. The van der Waals surface area contributed by atoms with Crippen molar-refractivity contribution in [2.45, 2.75) is 17.9 Å². The number of ketones is 2. The smallest absolute Gasteiger partial charge is 0.339 e. The molecule has 0 aromatic heterocycles. The number of ether oxygens (including phenoxy) is 1. The number of hydrogen-bond acceptors (Lipinski definition) is 16. The molecule has 5 N–H and O–H groups in total. The number of azo groups is 1. The van der Waals surface area contributed by atoms with Crippen molar-refractivity contribution < 1.29 is 55.0 Å². The lowest BCUT2D eigenvalue weighted by Gasteiger charge is -2.18. The zero-order chi connectivity index (χ0) is 43.1. The van der Waals surface area contributed by atoms with Gasteiger partial charge < -0.3 is 9.84 Å². The number of fused-ring (bicyclic) bond motifs is 2. The number of Topliss-reactive ketones (excluding diaryl/α,β-unsaturated/α-hetero) is 1. The van der Waals surface area contributed by atoms with Gasteiger partial charge in [-0.2, -0.15) is 47.4 Å². The third-order valence-electron chi connectivity index (χ3n) is 9.03. The van der Waals surface area contributed by atoms with E-state index in [-0.39, 0.29) is 55.4 Å². The maximum absolute atomic E-state index is 13.5. The summed E-state index contributed by atoms with van der Waals surface area (Å²) in [4.78, 5) is 48.9. The Balaban J connectivity index is 1.31. The SMILES string of the molecule is COc1cc(N/N=C2/C=CC(=O)C(C(=O)O)=C2)c2cc(S(=O)(=O)O)ccc2c1N/N=C1\C(=O)C=c2ccc(N3N=C(C)C(N=Nc4ccccc4)C3=O)cc2=C1S(=O)(=O)O. The lowest BCUT2D eigenvalue weighted by atomic mass is 10.0. The normalized spacial score (nSPS) is 18.2. The van der Waals surface area contributed by atoms with Crippen LogP contribution >= 0.6 is 0 Å². The zero-order valence-electron chi connectivity index (χ0n) is 30.8. The first kappa shape index (κ1) is 40.7. The number of allylic oxidation sites excluding steroid dienone is 3. The lowest BCUT2D eigenvalue weighted by molar-refractivity contribution is -0.134. The number of hydrazone groups is 3. The van der Waals surface area contributed by atoms with Crippen LogP contribution in [0.4, 0.5) is 22.7 Å². The van der Waals surface area contributed by atoms with E-state index in [0.717, 1.165) is 35.4 Å². The van der Waals surface area contributed by atoms with Crippen LogP contribution in [0.1, 0.15) is 6.92 Å². The minimum Gasteiger partial charge on any atom is -0.494 e. The van der Waals surface area contributed by atoms with Gasteiger partial charge in [-0.05, 0) is 72.8 Å². The van der Waals surface area contributed by atoms with Crippen LogP contribution in [0.5, 0.6) is 5.75 Å². The highest BCUT2D eigenvalue weighted by Gasteiger charge is 2.36. The van der Waals surface area contributed by atoms with E-state index < -0.39 is 70.8 Å². The van der Waals surface area contributed by atoms with Crippen LogP contribution in [0, 0.1) is 0 Å². The maximum atomic E-state index is 13.5. The van der Waals surface area contributed by atoms with Crippen LogP contribution in [0.2, 0.25) is 0 Å². The van der Waals surface area contributed by atoms with Crippen LogP contribution < -0.4 is 31.0 Å². The van der Waals surface area contributed by atoms with E-state index in [1.165, 1.54) is 43.5 Å². The standard InChI is InChI=1S/C38H28N8O12S2/c1-19-33(42-39-21-6-4-3-5-7-21)37(49)46(45-19)23-10-8-20-14-31(48)35(36(26(20)16-23)60(55,56)57)44-43-34-25-12-11-24(59(52,53)54)17-27(25)29(18-32(34)58-2)41-40-22-9-13-30(47)28(15-22)38(50)51/h3-18,33,41,43H,1-2H3,(H,50,51)(H,52,53,54)(H,55,56,57)/b40-22-,42-39?,44-35+. The average Bonchev–Trinajstić information content (AvgIpc) is 3.49. The van der Waals surface area contributed by atoms with Crippen LogP contribution in [0.25, 0.3) is 21.8 Å². The minimum atomic E-state index is -5.24. The molecule has 0 fully saturated rings. The molecule has 2 aliphatic carbocycles. The molecule has 3 aliphatic rings. The minimum absolute atomic E-state index is 0.00754. The van der Waals surface area contributed by atoms with Crippen molar-refractivity contribution in [3.63, 3.8) is 0 Å². The van der Waals surface area contributed by atoms with Gasteiger partial charge in [0.15, 0.2) is 17.5 Å². The van der Waals surface area contributed by atoms with Crippen molar-refractivity contribution in [3.8, 4) is 5.75 Å². The summed E-state index contributed by atoms with van der Waals surface area (Å²) < 4.78 is 76.3. The number of anilines is 3. The molecule has 20 nitrogen and oxygen atoms in total. The van der Waals surface area contributed by atoms with Crippen molar-refractivity contribution in [3.05, 3.63) is 107 Å². The summed E-state index contributed by atoms with van der Waals surface area (Å²) in [5, 5.41) is 31.0. The molecule has 4 aromatic rings. The van der Waals surface area contributed by atoms with Gasteiger partial charge in [0.05, 0.1) is 40.5 Å².